The number of hydrogen-bond donors (Lipinski definition) is 1. The average molecular weight is 311 g/mol. The van der Waals surface area contributed by atoms with Crippen molar-refractivity contribution in [3.8, 4) is 5.82 Å². The van der Waals surface area contributed by atoms with Gasteiger partial charge in [0.1, 0.15) is 17.0 Å². The Kier molecular flexibility index (Phi) is 3.85. The molecule has 0 aliphatic heterocycles. The van der Waals surface area contributed by atoms with Gasteiger partial charge in [-0.25, -0.2) is 14.6 Å². The van der Waals surface area contributed by atoms with Crippen LogP contribution in [0.15, 0.2) is 46.6 Å². The van der Waals surface area contributed by atoms with Crippen molar-refractivity contribution in [1.29, 1.82) is 0 Å². The largest absolute Gasteiger partial charge is 0.393 e. The highest BCUT2D eigenvalue weighted by Gasteiger charge is 2.14. The summed E-state index contributed by atoms with van der Waals surface area (Å²) in [6.45, 7) is 5.99. The van der Waals surface area contributed by atoms with E-state index in [2.05, 4.69) is 46.3 Å². The van der Waals surface area contributed by atoms with E-state index in [1.54, 1.807) is 4.68 Å². The molecule has 0 fully saturated rings. The van der Waals surface area contributed by atoms with Crippen molar-refractivity contribution in [2.24, 2.45) is 0 Å². The van der Waals surface area contributed by atoms with Crippen LogP contribution in [0.3, 0.4) is 0 Å². The number of aryl methyl sites for hydroxylation is 3. The fourth-order valence-corrected chi connectivity index (χ4v) is 2.98. The molecule has 2 heterocycles. The summed E-state index contributed by atoms with van der Waals surface area (Å²) in [4.78, 5) is 9.69. The van der Waals surface area contributed by atoms with E-state index in [9.17, 15) is 0 Å². The van der Waals surface area contributed by atoms with Crippen molar-refractivity contribution < 1.29 is 0 Å². The third-order valence-electron chi connectivity index (χ3n) is 3.27. The fraction of sp³-hybridized carbons (Fsp3) is 0.188. The molecule has 1 aromatic carbocycles. The second kappa shape index (κ2) is 5.81. The SMILES string of the molecule is Cc1ccc(Sc2ncnc(-n3nc(C)cc3C)c2N)cc1. The van der Waals surface area contributed by atoms with Crippen LogP contribution < -0.4 is 5.73 Å². The van der Waals surface area contributed by atoms with E-state index >= 15 is 0 Å². The molecule has 6 heteroatoms. The van der Waals surface area contributed by atoms with Crippen LogP contribution in [0.2, 0.25) is 0 Å². The van der Waals surface area contributed by atoms with Crippen LogP contribution in [-0.4, -0.2) is 19.7 Å². The number of nitrogens with two attached hydrogens (primary N) is 1. The molecule has 0 amide bonds. The second-order valence-electron chi connectivity index (χ2n) is 5.17. The van der Waals surface area contributed by atoms with Gasteiger partial charge in [0.25, 0.3) is 0 Å². The molecule has 0 aliphatic rings. The van der Waals surface area contributed by atoms with Crippen LogP contribution in [0.4, 0.5) is 5.69 Å². The van der Waals surface area contributed by atoms with Crippen molar-refractivity contribution in [3.05, 3.63) is 53.6 Å². The Morgan fingerprint density at radius 3 is 2.41 bits per heavy atom. The Morgan fingerprint density at radius 2 is 1.77 bits per heavy atom. The quantitative estimate of drug-likeness (QED) is 0.751. The van der Waals surface area contributed by atoms with Crippen molar-refractivity contribution in [2.45, 2.75) is 30.7 Å². The maximum absolute atomic E-state index is 6.26. The fourth-order valence-electron chi connectivity index (χ4n) is 2.18. The molecule has 0 saturated heterocycles. The molecule has 0 bridgehead atoms. The van der Waals surface area contributed by atoms with Crippen LogP contribution in [0.5, 0.6) is 0 Å². The van der Waals surface area contributed by atoms with Crippen molar-refractivity contribution in [3.63, 3.8) is 0 Å². The highest BCUT2D eigenvalue weighted by atomic mass is 32.2. The Hall–Kier alpha value is -2.34. The lowest BCUT2D eigenvalue weighted by molar-refractivity contribution is 0.796. The van der Waals surface area contributed by atoms with Crippen LogP contribution in [0, 0.1) is 20.8 Å². The first-order valence-corrected chi connectivity index (χ1v) is 7.75. The van der Waals surface area contributed by atoms with Crippen molar-refractivity contribution >= 4 is 17.4 Å². The van der Waals surface area contributed by atoms with Gasteiger partial charge in [0.2, 0.25) is 0 Å². The van der Waals surface area contributed by atoms with E-state index in [-0.39, 0.29) is 0 Å². The number of nitrogen functional groups attached to an aromatic ring is 1. The molecular formula is C16H17N5S. The number of anilines is 1. The molecule has 0 radical (unpaired) electrons. The van der Waals surface area contributed by atoms with E-state index in [0.29, 0.717) is 11.5 Å². The van der Waals surface area contributed by atoms with Gasteiger partial charge in [0.15, 0.2) is 5.82 Å². The van der Waals surface area contributed by atoms with Gasteiger partial charge in [0.05, 0.1) is 5.69 Å². The number of nitrogens with zero attached hydrogens (tertiary/aromatic N) is 4. The third-order valence-corrected chi connectivity index (χ3v) is 4.30. The van der Waals surface area contributed by atoms with Crippen molar-refractivity contribution in [2.75, 3.05) is 5.73 Å². The minimum absolute atomic E-state index is 0.541. The van der Waals surface area contributed by atoms with E-state index in [4.69, 9.17) is 5.73 Å². The lowest BCUT2D eigenvalue weighted by Gasteiger charge is -2.10. The lowest BCUT2D eigenvalue weighted by atomic mass is 10.2. The molecule has 0 unspecified atom stereocenters. The van der Waals surface area contributed by atoms with Gasteiger partial charge in [0, 0.05) is 10.6 Å². The molecule has 3 rings (SSSR count). The zero-order valence-corrected chi connectivity index (χ0v) is 13.6. The molecule has 112 valence electrons. The first-order valence-electron chi connectivity index (χ1n) is 6.93. The molecule has 3 aromatic rings. The predicted octanol–water partition coefficient (Wildman–Crippen LogP) is 3.32. The number of aromatic nitrogens is 4. The van der Waals surface area contributed by atoms with Gasteiger partial charge in [-0.05, 0) is 39.0 Å². The van der Waals surface area contributed by atoms with Gasteiger partial charge < -0.3 is 5.73 Å². The summed E-state index contributed by atoms with van der Waals surface area (Å²) < 4.78 is 1.76. The Balaban J connectivity index is 1.98. The summed E-state index contributed by atoms with van der Waals surface area (Å²) in [5.41, 5.74) is 9.96. The van der Waals surface area contributed by atoms with Crippen LogP contribution in [0.25, 0.3) is 5.82 Å². The van der Waals surface area contributed by atoms with E-state index < -0.39 is 0 Å². The topological polar surface area (TPSA) is 69.6 Å². The Bertz CT molecular complexity index is 808. The molecule has 2 N–H and O–H groups in total. The van der Waals surface area contributed by atoms with Gasteiger partial charge in [-0.15, -0.1) is 0 Å². The molecule has 0 spiro atoms. The number of hydrogen-bond acceptors (Lipinski definition) is 5. The zero-order chi connectivity index (χ0) is 15.7. The standard InChI is InChI=1S/C16H17N5S/c1-10-4-6-13(7-5-10)22-16-14(17)15(18-9-19-16)21-12(3)8-11(2)20-21/h4-9H,17H2,1-3H3. The molecule has 0 atom stereocenters. The maximum Gasteiger partial charge on any atom is 0.181 e. The van der Waals surface area contributed by atoms with E-state index in [1.165, 1.54) is 23.7 Å². The maximum atomic E-state index is 6.26. The normalized spacial score (nSPS) is 10.9. The molecule has 22 heavy (non-hydrogen) atoms. The van der Waals surface area contributed by atoms with Gasteiger partial charge in [-0.1, -0.05) is 29.5 Å². The summed E-state index contributed by atoms with van der Waals surface area (Å²) >= 11 is 1.53. The molecule has 5 nitrogen and oxygen atoms in total. The smallest absolute Gasteiger partial charge is 0.181 e. The van der Waals surface area contributed by atoms with E-state index in [1.807, 2.05) is 19.9 Å². The molecular weight excluding hydrogens is 294 g/mol. The summed E-state index contributed by atoms with van der Waals surface area (Å²) in [6.07, 6.45) is 1.53. The summed E-state index contributed by atoms with van der Waals surface area (Å²) in [7, 11) is 0. The van der Waals surface area contributed by atoms with Crippen LogP contribution in [0.1, 0.15) is 17.0 Å². The Morgan fingerprint density at radius 1 is 1.05 bits per heavy atom. The number of benzene rings is 1. The van der Waals surface area contributed by atoms with Crippen LogP contribution in [-0.2, 0) is 0 Å². The van der Waals surface area contributed by atoms with Crippen molar-refractivity contribution in [1.82, 2.24) is 19.7 Å². The molecule has 0 aliphatic carbocycles. The Labute approximate surface area is 133 Å². The first-order chi connectivity index (χ1) is 10.5. The predicted molar refractivity (Wildman–Crippen MR) is 88.3 cm³/mol. The van der Waals surface area contributed by atoms with Gasteiger partial charge in [-0.2, -0.15) is 5.10 Å². The van der Waals surface area contributed by atoms with Gasteiger partial charge >= 0.3 is 0 Å². The highest BCUT2D eigenvalue weighted by molar-refractivity contribution is 7.99. The lowest BCUT2D eigenvalue weighted by Crippen LogP contribution is -2.08. The molecule has 2 aromatic heterocycles. The highest BCUT2D eigenvalue weighted by Crippen LogP contribution is 2.32. The summed E-state index contributed by atoms with van der Waals surface area (Å²) in [6, 6.07) is 10.3. The van der Waals surface area contributed by atoms with E-state index in [0.717, 1.165) is 21.3 Å². The molecule has 0 saturated carbocycles. The summed E-state index contributed by atoms with van der Waals surface area (Å²) in [5, 5.41) is 5.18. The minimum atomic E-state index is 0.541. The number of rotatable bonds is 3. The minimum Gasteiger partial charge on any atom is -0.393 e. The van der Waals surface area contributed by atoms with Gasteiger partial charge in [-0.3, -0.25) is 0 Å². The monoisotopic (exact) mass is 311 g/mol. The average Bonchev–Trinajstić information content (AvgIpc) is 2.82. The second-order valence-corrected chi connectivity index (χ2v) is 6.23. The first kappa shape index (κ1) is 14.6. The summed E-state index contributed by atoms with van der Waals surface area (Å²) in [5.74, 6) is 0.621. The zero-order valence-electron chi connectivity index (χ0n) is 12.7. The third kappa shape index (κ3) is 2.82. The van der Waals surface area contributed by atoms with Crippen LogP contribution >= 0.6 is 11.8 Å².